The largest absolute Gasteiger partial charge is 0.503 e. The van der Waals surface area contributed by atoms with Crippen LogP contribution in [0.5, 0.6) is 5.75 Å². The zero-order chi connectivity index (χ0) is 19.2. The monoisotopic (exact) mass is 387 g/mol. The van der Waals surface area contributed by atoms with E-state index in [0.29, 0.717) is 33.5 Å². The van der Waals surface area contributed by atoms with Crippen LogP contribution in [-0.2, 0) is 25.6 Å². The van der Waals surface area contributed by atoms with Crippen molar-refractivity contribution in [3.8, 4) is 5.75 Å². The van der Waals surface area contributed by atoms with E-state index in [4.69, 9.17) is 30.5 Å². The van der Waals surface area contributed by atoms with E-state index in [2.05, 4.69) is 4.99 Å². The zero-order valence-electron chi connectivity index (χ0n) is 14.9. The summed E-state index contributed by atoms with van der Waals surface area (Å²) in [5.74, 6) is 0.587. The summed E-state index contributed by atoms with van der Waals surface area (Å²) in [4.78, 5) is 16.5. The van der Waals surface area contributed by atoms with Crippen LogP contribution in [0.2, 0.25) is 5.02 Å². The van der Waals surface area contributed by atoms with Crippen molar-refractivity contribution < 1.29 is 23.7 Å². The number of carbonyl (C=O) groups excluding carboxylic acids is 1. The van der Waals surface area contributed by atoms with Gasteiger partial charge < -0.3 is 18.9 Å². The first kappa shape index (κ1) is 18.8. The normalized spacial score (nSPS) is 13.1. The summed E-state index contributed by atoms with van der Waals surface area (Å²) in [5, 5.41) is 0.570. The second-order valence-corrected chi connectivity index (χ2v) is 6.05. The van der Waals surface area contributed by atoms with Crippen LogP contribution in [0.4, 0.5) is 5.69 Å². The van der Waals surface area contributed by atoms with Gasteiger partial charge in [-0.05, 0) is 29.3 Å². The van der Waals surface area contributed by atoms with Gasteiger partial charge in [0.05, 0.1) is 20.5 Å². The van der Waals surface area contributed by atoms with Crippen LogP contribution in [0.1, 0.15) is 11.1 Å². The fourth-order valence-corrected chi connectivity index (χ4v) is 2.77. The van der Waals surface area contributed by atoms with Gasteiger partial charge in [-0.1, -0.05) is 35.9 Å². The Morgan fingerprint density at radius 1 is 1.26 bits per heavy atom. The van der Waals surface area contributed by atoms with E-state index >= 15 is 0 Å². The Hall–Kier alpha value is -2.99. The molecule has 140 valence electrons. The van der Waals surface area contributed by atoms with E-state index in [-0.39, 0.29) is 13.2 Å². The quantitative estimate of drug-likeness (QED) is 0.438. The first-order valence-electron chi connectivity index (χ1n) is 8.14. The molecule has 1 aliphatic heterocycles. The first-order chi connectivity index (χ1) is 13.1. The van der Waals surface area contributed by atoms with Gasteiger partial charge >= 0.3 is 5.97 Å². The Morgan fingerprint density at radius 2 is 2.07 bits per heavy atom. The number of carbonyl (C=O) groups is 1. The molecule has 1 heterocycles. The highest BCUT2D eigenvalue weighted by Gasteiger charge is 2.19. The van der Waals surface area contributed by atoms with Gasteiger partial charge in [-0.15, -0.1) is 0 Å². The summed E-state index contributed by atoms with van der Waals surface area (Å²) in [7, 11) is 2.79. The predicted octanol–water partition coefficient (Wildman–Crippen LogP) is 4.14. The number of fused-ring (bicyclic) bond motifs is 1. The zero-order valence-corrected chi connectivity index (χ0v) is 15.7. The van der Waals surface area contributed by atoms with E-state index in [1.165, 1.54) is 20.5 Å². The van der Waals surface area contributed by atoms with Crippen molar-refractivity contribution in [1.29, 1.82) is 0 Å². The van der Waals surface area contributed by atoms with Crippen molar-refractivity contribution in [3.63, 3.8) is 0 Å². The van der Waals surface area contributed by atoms with Crippen LogP contribution in [0.15, 0.2) is 53.7 Å². The van der Waals surface area contributed by atoms with Gasteiger partial charge in [-0.3, -0.25) is 0 Å². The molecule has 27 heavy (non-hydrogen) atoms. The highest BCUT2D eigenvalue weighted by atomic mass is 35.5. The Morgan fingerprint density at radius 3 is 2.85 bits per heavy atom. The van der Waals surface area contributed by atoms with Crippen molar-refractivity contribution >= 4 is 34.7 Å². The maximum atomic E-state index is 12.1. The van der Waals surface area contributed by atoms with E-state index < -0.39 is 5.97 Å². The summed E-state index contributed by atoms with van der Waals surface area (Å²) in [5.41, 5.74) is 2.36. The molecule has 0 unspecified atom stereocenters. The summed E-state index contributed by atoms with van der Waals surface area (Å²) < 4.78 is 21.3. The lowest BCUT2D eigenvalue weighted by Gasteiger charge is -2.18. The van der Waals surface area contributed by atoms with Gasteiger partial charge in [0.1, 0.15) is 23.6 Å². The highest BCUT2D eigenvalue weighted by molar-refractivity contribution is 6.30. The SMILES string of the molecule is COC=C(C(=O)OC)c1ccccc1COC1=Nc2cc(Cl)ccc2OC1. The molecule has 7 heteroatoms. The Balaban J connectivity index is 1.81. The number of nitrogens with zero attached hydrogens (tertiary/aromatic N) is 1. The molecule has 0 aliphatic carbocycles. The van der Waals surface area contributed by atoms with Crippen LogP contribution in [-0.4, -0.2) is 32.7 Å². The van der Waals surface area contributed by atoms with E-state index in [9.17, 15) is 4.79 Å². The van der Waals surface area contributed by atoms with Crippen molar-refractivity contribution in [2.75, 3.05) is 20.8 Å². The van der Waals surface area contributed by atoms with Gasteiger partial charge in [0.15, 0.2) is 6.61 Å². The highest BCUT2D eigenvalue weighted by Crippen LogP contribution is 2.33. The van der Waals surface area contributed by atoms with Gasteiger partial charge in [0.2, 0.25) is 5.90 Å². The third kappa shape index (κ3) is 4.41. The Kier molecular flexibility index (Phi) is 5.98. The molecule has 0 saturated heterocycles. The van der Waals surface area contributed by atoms with Crippen molar-refractivity contribution in [2.45, 2.75) is 6.61 Å². The second-order valence-electron chi connectivity index (χ2n) is 5.61. The average molecular weight is 388 g/mol. The van der Waals surface area contributed by atoms with E-state index in [0.717, 1.165) is 5.56 Å². The van der Waals surface area contributed by atoms with Crippen molar-refractivity contribution in [3.05, 3.63) is 64.9 Å². The predicted molar refractivity (Wildman–Crippen MR) is 102 cm³/mol. The van der Waals surface area contributed by atoms with E-state index in [1.807, 2.05) is 18.2 Å². The molecule has 1 aliphatic rings. The molecule has 6 nitrogen and oxygen atoms in total. The summed E-state index contributed by atoms with van der Waals surface area (Å²) >= 11 is 6.00. The first-order valence-corrected chi connectivity index (χ1v) is 8.52. The lowest BCUT2D eigenvalue weighted by molar-refractivity contribution is -0.133. The second kappa shape index (κ2) is 8.60. The molecule has 3 rings (SSSR count). The number of hydrogen-bond acceptors (Lipinski definition) is 6. The maximum Gasteiger partial charge on any atom is 0.341 e. The smallest absolute Gasteiger partial charge is 0.341 e. The lowest BCUT2D eigenvalue weighted by atomic mass is 10.0. The van der Waals surface area contributed by atoms with Crippen LogP contribution in [0.25, 0.3) is 5.57 Å². The summed E-state index contributed by atoms with van der Waals surface area (Å²) in [6, 6.07) is 12.6. The fourth-order valence-electron chi connectivity index (χ4n) is 2.60. The molecule has 2 aromatic carbocycles. The topological polar surface area (TPSA) is 66.4 Å². The standard InChI is InChI=1S/C20H18ClNO5/c1-24-11-16(20(23)25-2)15-6-4-3-5-13(15)10-27-19-12-26-18-8-7-14(21)9-17(18)22-19/h3-9,11H,10,12H2,1-2H3. The number of esters is 1. The van der Waals surface area contributed by atoms with Crippen LogP contribution < -0.4 is 4.74 Å². The van der Waals surface area contributed by atoms with Gasteiger partial charge in [-0.2, -0.15) is 0 Å². The van der Waals surface area contributed by atoms with Crippen LogP contribution >= 0.6 is 11.6 Å². The average Bonchev–Trinajstić information content (AvgIpc) is 2.70. The number of methoxy groups -OCH3 is 2. The van der Waals surface area contributed by atoms with Gasteiger partial charge in [0, 0.05) is 5.02 Å². The minimum atomic E-state index is -0.494. The fraction of sp³-hybridized carbons (Fsp3) is 0.200. The number of hydrogen-bond donors (Lipinski definition) is 0. The molecule has 0 N–H and O–H groups in total. The molecule has 2 aromatic rings. The molecule has 0 saturated carbocycles. The molecule has 0 amide bonds. The molecule has 0 radical (unpaired) electrons. The minimum absolute atomic E-state index is 0.201. The molecule has 0 spiro atoms. The Bertz CT molecular complexity index is 907. The number of ether oxygens (including phenoxy) is 4. The van der Waals surface area contributed by atoms with Crippen LogP contribution in [0.3, 0.4) is 0 Å². The minimum Gasteiger partial charge on any atom is -0.503 e. The third-order valence-electron chi connectivity index (χ3n) is 3.86. The molecular weight excluding hydrogens is 370 g/mol. The molecule has 0 atom stereocenters. The molecule has 0 bridgehead atoms. The number of aliphatic imine (C=N–C) groups is 1. The van der Waals surface area contributed by atoms with Crippen LogP contribution in [0, 0.1) is 0 Å². The summed E-state index contributed by atoms with van der Waals surface area (Å²) in [6.45, 7) is 0.418. The third-order valence-corrected chi connectivity index (χ3v) is 4.10. The molecule has 0 fully saturated rings. The Labute approximate surface area is 162 Å². The lowest BCUT2D eigenvalue weighted by Crippen LogP contribution is -2.18. The number of halogens is 1. The van der Waals surface area contributed by atoms with Crippen molar-refractivity contribution in [2.24, 2.45) is 4.99 Å². The van der Waals surface area contributed by atoms with Crippen molar-refractivity contribution in [1.82, 2.24) is 0 Å². The van der Waals surface area contributed by atoms with Gasteiger partial charge in [0.25, 0.3) is 0 Å². The summed E-state index contributed by atoms with van der Waals surface area (Å²) in [6.07, 6.45) is 1.35. The number of benzene rings is 2. The number of rotatable bonds is 5. The molecular formula is C20H18ClNO5. The van der Waals surface area contributed by atoms with Gasteiger partial charge in [-0.25, -0.2) is 9.79 Å². The van der Waals surface area contributed by atoms with E-state index in [1.54, 1.807) is 24.3 Å². The molecule has 0 aromatic heterocycles. The maximum absolute atomic E-state index is 12.1.